The number of carbonyl (C=O) groups excluding carboxylic acids is 1. The van der Waals surface area contributed by atoms with Crippen LogP contribution in [-0.4, -0.2) is 50.6 Å². The van der Waals surface area contributed by atoms with E-state index in [9.17, 15) is 18.3 Å². The zero-order valence-electron chi connectivity index (χ0n) is 14.2. The smallest absolute Gasteiger partial charge is 0.261 e. The Morgan fingerprint density at radius 2 is 1.81 bits per heavy atom. The summed E-state index contributed by atoms with van der Waals surface area (Å²) in [6.07, 6.45) is -0.470. The van der Waals surface area contributed by atoms with Gasteiger partial charge in [-0.3, -0.25) is 9.52 Å². The van der Waals surface area contributed by atoms with Gasteiger partial charge < -0.3 is 14.7 Å². The number of nitrogens with one attached hydrogen (secondary N) is 1. The van der Waals surface area contributed by atoms with Crippen molar-refractivity contribution in [2.75, 3.05) is 25.0 Å². The normalized spacial score (nSPS) is 20.8. The zero-order chi connectivity index (χ0) is 18.7. The van der Waals surface area contributed by atoms with E-state index in [1.165, 1.54) is 17.0 Å². The number of amides is 1. The fraction of sp³-hybridized carbons (Fsp3) is 0.278. The number of morpholine rings is 1. The van der Waals surface area contributed by atoms with Gasteiger partial charge in [-0.1, -0.05) is 30.3 Å². The summed E-state index contributed by atoms with van der Waals surface area (Å²) in [5.41, 5.74) is 1.17. The minimum absolute atomic E-state index is 0.0555. The Hall–Kier alpha value is -2.42. The van der Waals surface area contributed by atoms with Crippen molar-refractivity contribution in [2.24, 2.45) is 0 Å². The second-order valence-electron chi connectivity index (χ2n) is 6.03. The number of ether oxygens (including phenoxy) is 1. The Morgan fingerprint density at radius 3 is 2.42 bits per heavy atom. The van der Waals surface area contributed by atoms with E-state index in [1.54, 1.807) is 49.5 Å². The molecular weight excluding hydrogens is 356 g/mol. The molecule has 1 amide bonds. The van der Waals surface area contributed by atoms with Crippen molar-refractivity contribution in [1.82, 2.24) is 4.90 Å². The van der Waals surface area contributed by atoms with Gasteiger partial charge in [-0.15, -0.1) is 0 Å². The molecule has 0 unspecified atom stereocenters. The first-order chi connectivity index (χ1) is 12.4. The molecule has 1 saturated heterocycles. The second-order valence-corrected chi connectivity index (χ2v) is 7.71. The minimum Gasteiger partial charge on any atom is -0.394 e. The monoisotopic (exact) mass is 376 g/mol. The molecule has 1 fully saturated rings. The summed E-state index contributed by atoms with van der Waals surface area (Å²) in [6.45, 7) is -0.282. The van der Waals surface area contributed by atoms with Gasteiger partial charge in [0.05, 0.1) is 17.5 Å². The fourth-order valence-electron chi connectivity index (χ4n) is 2.85. The van der Waals surface area contributed by atoms with E-state index < -0.39 is 22.2 Å². The molecule has 26 heavy (non-hydrogen) atoms. The Kier molecular flexibility index (Phi) is 5.26. The lowest BCUT2D eigenvalue weighted by molar-refractivity contribution is -0.157. The standard InChI is InChI=1S/C18H20N2O5S/c1-20-16(11-21)18(25-12-17(20)22)13-7-9-14(10-8-13)19-26(23,24)15-5-3-2-4-6-15/h2-10,16,18-19,21H,11-12H2,1H3/t16-,18-/m1/s1. The number of sulfonamides is 1. The molecule has 0 aliphatic carbocycles. The first kappa shape index (κ1) is 18.4. The summed E-state index contributed by atoms with van der Waals surface area (Å²) in [4.78, 5) is 13.4. The lowest BCUT2D eigenvalue weighted by Gasteiger charge is -2.38. The maximum atomic E-state index is 12.4. The summed E-state index contributed by atoms with van der Waals surface area (Å²) in [6, 6.07) is 14.3. The van der Waals surface area contributed by atoms with Crippen LogP contribution < -0.4 is 4.72 Å². The van der Waals surface area contributed by atoms with Gasteiger partial charge in [0.25, 0.3) is 10.0 Å². The highest BCUT2D eigenvalue weighted by atomic mass is 32.2. The predicted molar refractivity (Wildman–Crippen MR) is 96.0 cm³/mol. The average Bonchev–Trinajstić information content (AvgIpc) is 2.65. The number of nitrogens with zero attached hydrogens (tertiary/aromatic N) is 1. The largest absolute Gasteiger partial charge is 0.394 e. The molecule has 0 aromatic heterocycles. The molecule has 2 aromatic rings. The summed E-state index contributed by atoms with van der Waals surface area (Å²) in [5.74, 6) is -0.187. The Balaban J connectivity index is 1.77. The van der Waals surface area contributed by atoms with Crippen molar-refractivity contribution in [2.45, 2.75) is 17.0 Å². The van der Waals surface area contributed by atoms with Crippen molar-refractivity contribution < 1.29 is 23.1 Å². The van der Waals surface area contributed by atoms with Crippen molar-refractivity contribution in [3.05, 3.63) is 60.2 Å². The average molecular weight is 376 g/mol. The van der Waals surface area contributed by atoms with E-state index in [2.05, 4.69) is 4.72 Å². The third kappa shape index (κ3) is 3.72. The van der Waals surface area contributed by atoms with Crippen LogP contribution >= 0.6 is 0 Å². The van der Waals surface area contributed by atoms with E-state index in [1.807, 2.05) is 0 Å². The van der Waals surface area contributed by atoms with Crippen LogP contribution in [0.2, 0.25) is 0 Å². The fourth-order valence-corrected chi connectivity index (χ4v) is 3.93. The quantitative estimate of drug-likeness (QED) is 0.822. The molecule has 8 heteroatoms. The maximum Gasteiger partial charge on any atom is 0.261 e. The summed E-state index contributed by atoms with van der Waals surface area (Å²) < 4.78 is 32.8. The Bertz CT molecular complexity index is 868. The third-order valence-corrected chi connectivity index (χ3v) is 5.76. The number of hydrogen-bond acceptors (Lipinski definition) is 5. The van der Waals surface area contributed by atoms with Gasteiger partial charge in [0, 0.05) is 12.7 Å². The molecule has 7 nitrogen and oxygen atoms in total. The summed E-state index contributed by atoms with van der Waals surface area (Å²) in [5, 5.41) is 9.58. The van der Waals surface area contributed by atoms with Gasteiger partial charge in [-0.05, 0) is 29.8 Å². The zero-order valence-corrected chi connectivity index (χ0v) is 15.0. The number of hydrogen-bond donors (Lipinski definition) is 2. The molecule has 1 heterocycles. The van der Waals surface area contributed by atoms with Gasteiger partial charge in [-0.25, -0.2) is 8.42 Å². The van der Waals surface area contributed by atoms with Crippen molar-refractivity contribution >= 4 is 21.6 Å². The lowest BCUT2D eigenvalue weighted by atomic mass is 10.00. The molecule has 1 aliphatic rings. The molecule has 1 aliphatic heterocycles. The molecule has 2 atom stereocenters. The van der Waals surface area contributed by atoms with Gasteiger partial charge in [0.1, 0.15) is 12.7 Å². The Morgan fingerprint density at radius 1 is 1.15 bits per heavy atom. The summed E-state index contributed by atoms with van der Waals surface area (Å²) in [7, 11) is -2.03. The van der Waals surface area contributed by atoms with Crippen LogP contribution in [0.25, 0.3) is 0 Å². The van der Waals surface area contributed by atoms with Crippen LogP contribution in [0, 0.1) is 0 Å². The van der Waals surface area contributed by atoms with Gasteiger partial charge >= 0.3 is 0 Å². The highest BCUT2D eigenvalue weighted by Crippen LogP contribution is 2.29. The molecular formula is C18H20N2O5S. The van der Waals surface area contributed by atoms with Gasteiger partial charge in [0.2, 0.25) is 5.91 Å². The summed E-state index contributed by atoms with van der Waals surface area (Å²) >= 11 is 0. The minimum atomic E-state index is -3.66. The molecule has 0 saturated carbocycles. The molecule has 0 bridgehead atoms. The van der Waals surface area contributed by atoms with Crippen LogP contribution in [0.1, 0.15) is 11.7 Å². The van der Waals surface area contributed by atoms with Crippen LogP contribution in [-0.2, 0) is 19.6 Å². The number of carbonyl (C=O) groups is 1. The van der Waals surface area contributed by atoms with Crippen LogP contribution in [0.15, 0.2) is 59.5 Å². The van der Waals surface area contributed by atoms with E-state index >= 15 is 0 Å². The van der Waals surface area contributed by atoms with Crippen LogP contribution in [0.4, 0.5) is 5.69 Å². The highest BCUT2D eigenvalue weighted by Gasteiger charge is 2.34. The molecule has 0 spiro atoms. The Labute approximate surface area is 152 Å². The van der Waals surface area contributed by atoms with Gasteiger partial charge in [-0.2, -0.15) is 0 Å². The third-order valence-electron chi connectivity index (χ3n) is 4.36. The van der Waals surface area contributed by atoms with Crippen LogP contribution in [0.3, 0.4) is 0 Å². The molecule has 138 valence electrons. The van der Waals surface area contributed by atoms with Crippen molar-refractivity contribution in [3.63, 3.8) is 0 Å². The number of likely N-dealkylation sites (N-methyl/N-ethyl adjacent to an activating group) is 1. The number of rotatable bonds is 5. The lowest BCUT2D eigenvalue weighted by Crippen LogP contribution is -2.50. The molecule has 2 aromatic carbocycles. The number of benzene rings is 2. The van der Waals surface area contributed by atoms with E-state index in [4.69, 9.17) is 4.74 Å². The predicted octanol–water partition coefficient (Wildman–Crippen LogP) is 1.38. The maximum absolute atomic E-state index is 12.4. The second kappa shape index (κ2) is 7.45. The molecule has 2 N–H and O–H groups in total. The van der Waals surface area contributed by atoms with Crippen molar-refractivity contribution in [3.8, 4) is 0 Å². The van der Waals surface area contributed by atoms with Crippen LogP contribution in [0.5, 0.6) is 0 Å². The van der Waals surface area contributed by atoms with E-state index in [0.717, 1.165) is 5.56 Å². The highest BCUT2D eigenvalue weighted by molar-refractivity contribution is 7.92. The van der Waals surface area contributed by atoms with E-state index in [-0.39, 0.29) is 24.0 Å². The van der Waals surface area contributed by atoms with E-state index in [0.29, 0.717) is 5.69 Å². The first-order valence-electron chi connectivity index (χ1n) is 8.08. The van der Waals surface area contributed by atoms with Gasteiger partial charge in [0.15, 0.2) is 0 Å². The van der Waals surface area contributed by atoms with Crippen molar-refractivity contribution in [1.29, 1.82) is 0 Å². The number of aliphatic hydroxyl groups is 1. The molecule has 3 rings (SSSR count). The number of anilines is 1. The SMILES string of the molecule is CN1C(=O)CO[C@H](c2ccc(NS(=O)(=O)c3ccccc3)cc2)[C@H]1CO. The topological polar surface area (TPSA) is 95.9 Å². The first-order valence-corrected chi connectivity index (χ1v) is 9.56. The number of aliphatic hydroxyl groups excluding tert-OH is 1. The molecule has 0 radical (unpaired) electrons.